The van der Waals surface area contributed by atoms with Crippen LogP contribution >= 0.6 is 0 Å². The van der Waals surface area contributed by atoms with Crippen LogP contribution in [0.25, 0.3) is 0 Å². The number of amides is 1. The Morgan fingerprint density at radius 1 is 1.07 bits per heavy atom. The molecule has 1 aromatic rings. The summed E-state index contributed by atoms with van der Waals surface area (Å²) in [5.74, 6) is 0.729. The first-order chi connectivity index (χ1) is 12.3. The summed E-state index contributed by atoms with van der Waals surface area (Å²) in [6.45, 7) is 14.5. The Hall–Kier alpha value is -1.73. The molecule has 27 heavy (non-hydrogen) atoms. The Bertz CT molecular complexity index is 635. The number of rotatable bonds is 5. The summed E-state index contributed by atoms with van der Waals surface area (Å²) < 4.78 is 23.1. The Balaban J connectivity index is 1.84. The molecule has 0 unspecified atom stereocenters. The number of likely N-dealkylation sites (N-methyl/N-ethyl adjacent to an activating group) is 1. The van der Waals surface area contributed by atoms with Crippen LogP contribution in [0.15, 0.2) is 24.3 Å². The summed E-state index contributed by atoms with van der Waals surface area (Å²) in [6.07, 6.45) is -0.359. The summed E-state index contributed by atoms with van der Waals surface area (Å²) in [5, 5.41) is 0. The zero-order chi connectivity index (χ0) is 20.5. The van der Waals surface area contributed by atoms with Gasteiger partial charge < -0.3 is 23.7 Å². The van der Waals surface area contributed by atoms with Crippen LogP contribution in [0.2, 0.25) is 0 Å². The molecular weight excluding hydrogens is 345 g/mol. The van der Waals surface area contributed by atoms with Crippen LogP contribution in [-0.2, 0) is 14.0 Å². The van der Waals surface area contributed by atoms with Gasteiger partial charge in [-0.15, -0.1) is 0 Å². The second-order valence-corrected chi connectivity index (χ2v) is 8.91. The SMILES string of the molecule is CN(CCOc1ccc(B2OC(C)(C)C(C)(C)O2)cc1)C(=O)OC(C)(C)C. The van der Waals surface area contributed by atoms with Crippen LogP contribution < -0.4 is 10.2 Å². The van der Waals surface area contributed by atoms with E-state index in [0.29, 0.717) is 13.2 Å². The summed E-state index contributed by atoms with van der Waals surface area (Å²) in [7, 11) is 1.31. The minimum atomic E-state index is -0.504. The van der Waals surface area contributed by atoms with Crippen LogP contribution in [0, 0.1) is 0 Å². The molecule has 2 rings (SSSR count). The average Bonchev–Trinajstić information content (AvgIpc) is 2.74. The van der Waals surface area contributed by atoms with E-state index in [1.165, 1.54) is 4.90 Å². The monoisotopic (exact) mass is 377 g/mol. The topological polar surface area (TPSA) is 57.2 Å². The van der Waals surface area contributed by atoms with Crippen molar-refractivity contribution >= 4 is 18.7 Å². The van der Waals surface area contributed by atoms with Gasteiger partial charge in [-0.25, -0.2) is 4.79 Å². The lowest BCUT2D eigenvalue weighted by Crippen LogP contribution is -2.41. The van der Waals surface area contributed by atoms with Crippen LogP contribution in [-0.4, -0.2) is 55.1 Å². The van der Waals surface area contributed by atoms with Crippen molar-refractivity contribution < 1.29 is 23.6 Å². The Labute approximate surface area is 163 Å². The van der Waals surface area contributed by atoms with Crippen molar-refractivity contribution in [3.63, 3.8) is 0 Å². The van der Waals surface area contributed by atoms with Gasteiger partial charge in [0.05, 0.1) is 17.7 Å². The van der Waals surface area contributed by atoms with Gasteiger partial charge in [-0.1, -0.05) is 12.1 Å². The van der Waals surface area contributed by atoms with E-state index in [1.54, 1.807) is 7.05 Å². The molecule has 7 heteroatoms. The molecule has 0 aliphatic carbocycles. The zero-order valence-electron chi connectivity index (χ0n) is 17.8. The minimum absolute atomic E-state index is 0.359. The van der Waals surface area contributed by atoms with Crippen molar-refractivity contribution in [2.75, 3.05) is 20.2 Å². The van der Waals surface area contributed by atoms with E-state index >= 15 is 0 Å². The van der Waals surface area contributed by atoms with E-state index in [-0.39, 0.29) is 24.4 Å². The zero-order valence-corrected chi connectivity index (χ0v) is 17.8. The predicted octanol–water partition coefficient (Wildman–Crippen LogP) is 3.23. The number of carbonyl (C=O) groups is 1. The molecular formula is C20H32BNO5. The lowest BCUT2D eigenvalue weighted by Gasteiger charge is -2.32. The molecule has 0 N–H and O–H groups in total. The van der Waals surface area contributed by atoms with Gasteiger partial charge in [0.1, 0.15) is 18.0 Å². The summed E-state index contributed by atoms with van der Waals surface area (Å²) in [5.41, 5.74) is -0.278. The fourth-order valence-electron chi connectivity index (χ4n) is 2.43. The first kappa shape index (κ1) is 21.6. The summed E-state index contributed by atoms with van der Waals surface area (Å²) in [6, 6.07) is 7.64. The van der Waals surface area contributed by atoms with Gasteiger partial charge in [0.15, 0.2) is 0 Å². The van der Waals surface area contributed by atoms with Gasteiger partial charge in [0, 0.05) is 7.05 Å². The van der Waals surface area contributed by atoms with Crippen molar-refractivity contribution in [3.05, 3.63) is 24.3 Å². The minimum Gasteiger partial charge on any atom is -0.492 e. The number of carbonyl (C=O) groups excluding carboxylic acids is 1. The highest BCUT2D eigenvalue weighted by molar-refractivity contribution is 6.62. The number of hydrogen-bond acceptors (Lipinski definition) is 5. The van der Waals surface area contributed by atoms with E-state index in [4.69, 9.17) is 18.8 Å². The van der Waals surface area contributed by atoms with E-state index in [0.717, 1.165) is 11.2 Å². The first-order valence-corrected chi connectivity index (χ1v) is 9.33. The maximum absolute atomic E-state index is 11.9. The maximum Gasteiger partial charge on any atom is 0.494 e. The molecule has 0 spiro atoms. The van der Waals surface area contributed by atoms with E-state index in [2.05, 4.69) is 0 Å². The first-order valence-electron chi connectivity index (χ1n) is 9.33. The quantitative estimate of drug-likeness (QED) is 0.738. The van der Waals surface area contributed by atoms with Gasteiger partial charge in [-0.3, -0.25) is 0 Å². The fourth-order valence-corrected chi connectivity index (χ4v) is 2.43. The molecule has 1 saturated heterocycles. The van der Waals surface area contributed by atoms with Gasteiger partial charge in [-0.05, 0) is 66.1 Å². The highest BCUT2D eigenvalue weighted by Crippen LogP contribution is 2.36. The van der Waals surface area contributed by atoms with E-state index < -0.39 is 5.60 Å². The van der Waals surface area contributed by atoms with Crippen molar-refractivity contribution in [3.8, 4) is 5.75 Å². The third-order valence-corrected chi connectivity index (χ3v) is 4.81. The second-order valence-electron chi connectivity index (χ2n) is 8.91. The van der Waals surface area contributed by atoms with Gasteiger partial charge in [0.25, 0.3) is 0 Å². The van der Waals surface area contributed by atoms with Gasteiger partial charge >= 0.3 is 13.2 Å². The Morgan fingerprint density at radius 2 is 1.59 bits per heavy atom. The van der Waals surface area contributed by atoms with Crippen LogP contribution in [0.3, 0.4) is 0 Å². The molecule has 1 fully saturated rings. The lowest BCUT2D eigenvalue weighted by molar-refractivity contribution is 0.00578. The van der Waals surface area contributed by atoms with Crippen molar-refractivity contribution in [2.24, 2.45) is 0 Å². The molecule has 1 aliphatic rings. The second kappa shape index (κ2) is 7.72. The number of benzene rings is 1. The number of hydrogen-bond donors (Lipinski definition) is 0. The Morgan fingerprint density at radius 3 is 2.07 bits per heavy atom. The van der Waals surface area contributed by atoms with Crippen molar-refractivity contribution in [2.45, 2.75) is 65.3 Å². The normalized spacial score (nSPS) is 18.3. The molecule has 0 atom stereocenters. The number of nitrogens with zero attached hydrogens (tertiary/aromatic N) is 1. The third-order valence-electron chi connectivity index (χ3n) is 4.81. The van der Waals surface area contributed by atoms with E-state index in [1.807, 2.05) is 72.7 Å². The van der Waals surface area contributed by atoms with Gasteiger partial charge in [0.2, 0.25) is 0 Å². The molecule has 0 bridgehead atoms. The highest BCUT2D eigenvalue weighted by Gasteiger charge is 2.51. The lowest BCUT2D eigenvalue weighted by atomic mass is 9.79. The Kier molecular flexibility index (Phi) is 6.17. The van der Waals surface area contributed by atoms with Crippen LogP contribution in [0.5, 0.6) is 5.75 Å². The highest BCUT2D eigenvalue weighted by atomic mass is 16.7. The smallest absolute Gasteiger partial charge is 0.492 e. The average molecular weight is 377 g/mol. The molecule has 0 radical (unpaired) electrons. The summed E-state index contributed by atoms with van der Waals surface area (Å²) >= 11 is 0. The standard InChI is InChI=1S/C20H32BNO5/c1-18(2,3)25-17(23)22(8)13-14-24-16-11-9-15(10-12-16)21-26-19(4,5)20(6,7)27-21/h9-12H,13-14H2,1-8H3. The molecule has 1 amide bonds. The van der Waals surface area contributed by atoms with Crippen LogP contribution in [0.4, 0.5) is 4.79 Å². The maximum atomic E-state index is 11.9. The van der Waals surface area contributed by atoms with Crippen molar-refractivity contribution in [1.29, 1.82) is 0 Å². The predicted molar refractivity (Wildman–Crippen MR) is 107 cm³/mol. The summed E-state index contributed by atoms with van der Waals surface area (Å²) in [4.78, 5) is 13.4. The van der Waals surface area contributed by atoms with Crippen molar-refractivity contribution in [1.82, 2.24) is 4.90 Å². The van der Waals surface area contributed by atoms with Crippen LogP contribution in [0.1, 0.15) is 48.5 Å². The molecule has 6 nitrogen and oxygen atoms in total. The van der Waals surface area contributed by atoms with Gasteiger partial charge in [-0.2, -0.15) is 0 Å². The third kappa shape index (κ3) is 5.62. The van der Waals surface area contributed by atoms with E-state index in [9.17, 15) is 4.79 Å². The molecule has 0 aromatic heterocycles. The molecule has 1 aromatic carbocycles. The molecule has 1 aliphatic heterocycles. The molecule has 150 valence electrons. The number of ether oxygens (including phenoxy) is 2. The molecule has 1 heterocycles. The fraction of sp³-hybridized carbons (Fsp3) is 0.650. The largest absolute Gasteiger partial charge is 0.494 e. The molecule has 0 saturated carbocycles.